The predicted molar refractivity (Wildman–Crippen MR) is 76.4 cm³/mol. The number of amides is 2. The van der Waals surface area contributed by atoms with Gasteiger partial charge in [-0.05, 0) is 31.5 Å². The Balaban J connectivity index is 1.96. The van der Waals surface area contributed by atoms with Gasteiger partial charge < -0.3 is 5.32 Å². The zero-order valence-corrected chi connectivity index (χ0v) is 12.6. The molecule has 102 valence electrons. The van der Waals surface area contributed by atoms with E-state index in [9.17, 15) is 9.59 Å². The van der Waals surface area contributed by atoms with Crippen LogP contribution in [-0.2, 0) is 16.1 Å². The monoisotopic (exact) mass is 324 g/mol. The molecule has 0 aromatic heterocycles. The van der Waals surface area contributed by atoms with Crippen molar-refractivity contribution in [1.82, 2.24) is 10.2 Å². The summed E-state index contributed by atoms with van der Waals surface area (Å²) in [4.78, 5) is 25.2. The van der Waals surface area contributed by atoms with Gasteiger partial charge in [-0.1, -0.05) is 28.1 Å². The number of hydrogen-bond donors (Lipinski definition) is 1. The van der Waals surface area contributed by atoms with E-state index in [0.717, 1.165) is 10.0 Å². The quantitative estimate of drug-likeness (QED) is 0.863. The van der Waals surface area contributed by atoms with Crippen molar-refractivity contribution in [3.05, 3.63) is 34.3 Å². The molecule has 1 unspecified atom stereocenters. The van der Waals surface area contributed by atoms with Gasteiger partial charge in [0.05, 0.1) is 12.5 Å². The molecule has 1 aromatic carbocycles. The molecule has 1 aliphatic heterocycles. The highest BCUT2D eigenvalue weighted by atomic mass is 79.9. The maximum atomic E-state index is 12.1. The Hall–Kier alpha value is -1.20. The summed E-state index contributed by atoms with van der Waals surface area (Å²) < 4.78 is 1.02. The normalized spacial score (nSPS) is 19.6. The standard InChI is InChI=1S/C14H17BrN2O2/c1-9(2)17-13(18)7-12(14(17)19)16-8-10-3-5-11(15)6-4-10/h3-6,9,12,16H,7-8H2,1-2H3. The summed E-state index contributed by atoms with van der Waals surface area (Å²) in [6.07, 6.45) is 0.257. The number of nitrogens with zero attached hydrogens (tertiary/aromatic N) is 1. The van der Waals surface area contributed by atoms with Crippen molar-refractivity contribution in [2.24, 2.45) is 0 Å². The molecule has 1 heterocycles. The van der Waals surface area contributed by atoms with Crippen molar-refractivity contribution < 1.29 is 9.59 Å². The molecule has 1 atom stereocenters. The van der Waals surface area contributed by atoms with E-state index in [0.29, 0.717) is 6.54 Å². The van der Waals surface area contributed by atoms with E-state index in [4.69, 9.17) is 0 Å². The lowest BCUT2D eigenvalue weighted by atomic mass is 10.2. The van der Waals surface area contributed by atoms with E-state index >= 15 is 0 Å². The predicted octanol–water partition coefficient (Wildman–Crippen LogP) is 2.07. The first kappa shape index (κ1) is 14.2. The maximum Gasteiger partial charge on any atom is 0.247 e. The van der Waals surface area contributed by atoms with Gasteiger partial charge >= 0.3 is 0 Å². The van der Waals surface area contributed by atoms with Gasteiger partial charge in [0.25, 0.3) is 0 Å². The number of hydrogen-bond acceptors (Lipinski definition) is 3. The zero-order chi connectivity index (χ0) is 14.0. The highest BCUT2D eigenvalue weighted by Gasteiger charge is 2.39. The summed E-state index contributed by atoms with van der Waals surface area (Å²) in [7, 11) is 0. The third kappa shape index (κ3) is 3.22. The largest absolute Gasteiger partial charge is 0.301 e. The van der Waals surface area contributed by atoms with Crippen LogP contribution in [0.25, 0.3) is 0 Å². The summed E-state index contributed by atoms with van der Waals surface area (Å²) in [6, 6.07) is 7.42. The van der Waals surface area contributed by atoms with Crippen LogP contribution >= 0.6 is 15.9 Å². The minimum Gasteiger partial charge on any atom is -0.301 e. The molecule has 1 N–H and O–H groups in total. The minimum atomic E-state index is -0.390. The van der Waals surface area contributed by atoms with Crippen LogP contribution in [0.5, 0.6) is 0 Å². The summed E-state index contributed by atoms with van der Waals surface area (Å²) in [5, 5.41) is 3.16. The fourth-order valence-electron chi connectivity index (χ4n) is 2.20. The number of rotatable bonds is 4. The Morgan fingerprint density at radius 1 is 1.32 bits per heavy atom. The van der Waals surface area contributed by atoms with Gasteiger partial charge in [-0.3, -0.25) is 14.5 Å². The first-order chi connectivity index (χ1) is 8.99. The van der Waals surface area contributed by atoms with Crippen molar-refractivity contribution in [1.29, 1.82) is 0 Å². The van der Waals surface area contributed by atoms with Crippen molar-refractivity contribution in [2.75, 3.05) is 0 Å². The van der Waals surface area contributed by atoms with Gasteiger partial charge in [0.15, 0.2) is 0 Å². The lowest BCUT2D eigenvalue weighted by molar-refractivity contribution is -0.140. The summed E-state index contributed by atoms with van der Waals surface area (Å²) in [6.45, 7) is 4.29. The molecule has 0 radical (unpaired) electrons. The van der Waals surface area contributed by atoms with E-state index in [-0.39, 0.29) is 24.3 Å². The fourth-order valence-corrected chi connectivity index (χ4v) is 2.46. The van der Waals surface area contributed by atoms with E-state index in [2.05, 4.69) is 21.2 Å². The Morgan fingerprint density at radius 2 is 1.95 bits per heavy atom. The van der Waals surface area contributed by atoms with E-state index in [1.807, 2.05) is 38.1 Å². The summed E-state index contributed by atoms with van der Waals surface area (Å²) in [5.74, 6) is -0.203. The van der Waals surface area contributed by atoms with Crippen LogP contribution < -0.4 is 5.32 Å². The van der Waals surface area contributed by atoms with Gasteiger partial charge in [-0.15, -0.1) is 0 Å². The Kier molecular flexibility index (Phi) is 4.37. The average molecular weight is 325 g/mol. The van der Waals surface area contributed by atoms with Crippen LogP contribution in [0.2, 0.25) is 0 Å². The Bertz CT molecular complexity index is 485. The number of nitrogens with one attached hydrogen (secondary N) is 1. The average Bonchev–Trinajstić information content (AvgIpc) is 2.63. The molecule has 0 aliphatic carbocycles. The maximum absolute atomic E-state index is 12.1. The third-order valence-electron chi connectivity index (χ3n) is 3.17. The number of imide groups is 1. The van der Waals surface area contributed by atoms with Crippen LogP contribution in [0.4, 0.5) is 0 Å². The van der Waals surface area contributed by atoms with Crippen LogP contribution in [0.15, 0.2) is 28.7 Å². The van der Waals surface area contributed by atoms with Crippen LogP contribution in [0, 0.1) is 0 Å². The highest BCUT2D eigenvalue weighted by molar-refractivity contribution is 9.10. The molecule has 1 aliphatic rings. The number of likely N-dealkylation sites (tertiary alicyclic amines) is 1. The minimum absolute atomic E-state index is 0.0699. The molecule has 2 amide bonds. The van der Waals surface area contributed by atoms with Crippen molar-refractivity contribution in [2.45, 2.75) is 38.9 Å². The molecule has 1 fully saturated rings. The first-order valence-corrected chi connectivity index (χ1v) is 7.12. The van der Waals surface area contributed by atoms with Gasteiger partial charge in [0.2, 0.25) is 11.8 Å². The molecule has 0 spiro atoms. The second kappa shape index (κ2) is 5.84. The van der Waals surface area contributed by atoms with Gasteiger partial charge in [-0.25, -0.2) is 0 Å². The van der Waals surface area contributed by atoms with Crippen LogP contribution in [0.3, 0.4) is 0 Å². The molecule has 19 heavy (non-hydrogen) atoms. The van der Waals surface area contributed by atoms with Crippen LogP contribution in [0.1, 0.15) is 25.8 Å². The Labute approximate surface area is 121 Å². The van der Waals surface area contributed by atoms with Gasteiger partial charge in [0.1, 0.15) is 0 Å². The number of carbonyl (C=O) groups excluding carboxylic acids is 2. The lowest BCUT2D eigenvalue weighted by Gasteiger charge is -2.19. The zero-order valence-electron chi connectivity index (χ0n) is 11.0. The molecule has 0 saturated carbocycles. The molecule has 5 heteroatoms. The Morgan fingerprint density at radius 3 is 2.47 bits per heavy atom. The number of benzene rings is 1. The number of halogens is 1. The van der Waals surface area contributed by atoms with E-state index in [1.165, 1.54) is 4.90 Å². The molecule has 0 bridgehead atoms. The molecular formula is C14H17BrN2O2. The SMILES string of the molecule is CC(C)N1C(=O)CC(NCc2ccc(Br)cc2)C1=O. The second-order valence-electron chi connectivity index (χ2n) is 4.96. The molecular weight excluding hydrogens is 308 g/mol. The molecule has 1 saturated heterocycles. The second-order valence-corrected chi connectivity index (χ2v) is 5.88. The smallest absolute Gasteiger partial charge is 0.247 e. The van der Waals surface area contributed by atoms with Crippen molar-refractivity contribution in [3.8, 4) is 0 Å². The van der Waals surface area contributed by atoms with Gasteiger partial charge in [-0.2, -0.15) is 0 Å². The first-order valence-electron chi connectivity index (χ1n) is 6.32. The summed E-state index contributed by atoms with van der Waals surface area (Å²) >= 11 is 3.38. The van der Waals surface area contributed by atoms with Crippen molar-refractivity contribution >= 4 is 27.7 Å². The van der Waals surface area contributed by atoms with E-state index in [1.54, 1.807) is 0 Å². The van der Waals surface area contributed by atoms with Crippen LogP contribution in [-0.4, -0.2) is 28.8 Å². The lowest BCUT2D eigenvalue weighted by Crippen LogP contribution is -2.41. The van der Waals surface area contributed by atoms with E-state index < -0.39 is 6.04 Å². The molecule has 2 rings (SSSR count). The summed E-state index contributed by atoms with van der Waals surface area (Å²) in [5.41, 5.74) is 1.09. The highest BCUT2D eigenvalue weighted by Crippen LogP contribution is 2.17. The molecule has 1 aromatic rings. The topological polar surface area (TPSA) is 49.4 Å². The molecule has 4 nitrogen and oxygen atoms in total. The third-order valence-corrected chi connectivity index (χ3v) is 3.69. The van der Waals surface area contributed by atoms with Crippen molar-refractivity contribution in [3.63, 3.8) is 0 Å². The fraction of sp³-hybridized carbons (Fsp3) is 0.429. The number of carbonyl (C=O) groups is 2. The van der Waals surface area contributed by atoms with Gasteiger partial charge in [0, 0.05) is 17.1 Å².